The third kappa shape index (κ3) is 12.9. The maximum absolute atomic E-state index is 12.9. The van der Waals surface area contributed by atoms with Crippen molar-refractivity contribution in [1.82, 2.24) is 4.98 Å². The van der Waals surface area contributed by atoms with Gasteiger partial charge in [-0.3, -0.25) is 9.78 Å². The number of pyridine rings is 1. The predicted molar refractivity (Wildman–Crippen MR) is 174 cm³/mol. The van der Waals surface area contributed by atoms with E-state index >= 15 is 0 Å². The molecule has 1 aromatic heterocycles. The molecule has 0 radical (unpaired) electrons. The average molecular weight is 628 g/mol. The van der Waals surface area contributed by atoms with Gasteiger partial charge in [0, 0.05) is 18.6 Å². The number of halogens is 3. The number of alkyl halides is 3. The smallest absolute Gasteiger partial charge is 0.414 e. The van der Waals surface area contributed by atoms with E-state index < -0.39 is 18.2 Å². The monoisotopic (exact) mass is 627 g/mol. The molecule has 0 aliphatic heterocycles. The SMILES string of the molecule is CCCCCCCCCOc1ccc(-c2cc(C(CCCOC(C)C(F)(F)F)CCCC(=O)O)ccc2-c2ccccc2)nc1. The first-order chi connectivity index (χ1) is 21.7. The molecule has 2 aromatic carbocycles. The number of hydrogen-bond donors (Lipinski definition) is 1. The van der Waals surface area contributed by atoms with E-state index in [4.69, 9.17) is 14.5 Å². The van der Waals surface area contributed by atoms with Crippen LogP contribution in [0.3, 0.4) is 0 Å². The number of aromatic nitrogens is 1. The number of rotatable bonds is 21. The first-order valence-electron chi connectivity index (χ1n) is 16.4. The van der Waals surface area contributed by atoms with E-state index in [0.29, 0.717) is 32.3 Å². The van der Waals surface area contributed by atoms with Crippen LogP contribution in [0, 0.1) is 0 Å². The van der Waals surface area contributed by atoms with Gasteiger partial charge in [0.2, 0.25) is 0 Å². The van der Waals surface area contributed by atoms with Crippen molar-refractivity contribution in [3.05, 3.63) is 72.4 Å². The Hall–Kier alpha value is -3.39. The van der Waals surface area contributed by atoms with Gasteiger partial charge in [0.15, 0.2) is 6.10 Å². The molecule has 2 unspecified atom stereocenters. The van der Waals surface area contributed by atoms with Crippen LogP contribution in [0.1, 0.15) is 102 Å². The molecule has 8 heteroatoms. The molecule has 5 nitrogen and oxygen atoms in total. The molecule has 1 heterocycles. The van der Waals surface area contributed by atoms with E-state index in [1.807, 2.05) is 48.5 Å². The molecule has 0 spiro atoms. The Balaban J connectivity index is 1.77. The van der Waals surface area contributed by atoms with Crippen LogP contribution in [0.2, 0.25) is 0 Å². The molecule has 0 aliphatic rings. The Kier molecular flexibility index (Phi) is 15.4. The maximum atomic E-state index is 12.9. The fourth-order valence-electron chi connectivity index (χ4n) is 5.43. The molecule has 45 heavy (non-hydrogen) atoms. The summed E-state index contributed by atoms with van der Waals surface area (Å²) in [6.45, 7) is 3.87. The highest BCUT2D eigenvalue weighted by atomic mass is 19.4. The molecule has 3 rings (SSSR count). The Morgan fingerprint density at radius 2 is 1.56 bits per heavy atom. The number of unbranched alkanes of at least 4 members (excludes halogenated alkanes) is 6. The number of carboxylic acids is 1. The number of ether oxygens (including phenoxy) is 2. The van der Waals surface area contributed by atoms with Crippen LogP contribution in [0.4, 0.5) is 13.2 Å². The summed E-state index contributed by atoms with van der Waals surface area (Å²) < 4.78 is 49.7. The molecule has 0 bridgehead atoms. The molecule has 2 atom stereocenters. The Morgan fingerprint density at radius 3 is 2.22 bits per heavy atom. The summed E-state index contributed by atoms with van der Waals surface area (Å²) in [5, 5.41) is 9.20. The summed E-state index contributed by atoms with van der Waals surface area (Å²) in [5.74, 6) is -0.182. The van der Waals surface area contributed by atoms with Crippen molar-refractivity contribution in [3.63, 3.8) is 0 Å². The number of benzene rings is 2. The summed E-state index contributed by atoms with van der Waals surface area (Å²) >= 11 is 0. The lowest BCUT2D eigenvalue weighted by molar-refractivity contribution is -0.214. The molecule has 0 aliphatic carbocycles. The molecule has 3 aromatic rings. The number of carbonyl (C=O) groups is 1. The van der Waals surface area contributed by atoms with E-state index in [-0.39, 0.29) is 18.9 Å². The van der Waals surface area contributed by atoms with Gasteiger partial charge in [-0.1, -0.05) is 87.9 Å². The largest absolute Gasteiger partial charge is 0.492 e. The Labute approximate surface area is 266 Å². The van der Waals surface area contributed by atoms with E-state index in [1.165, 1.54) is 32.1 Å². The molecule has 1 N–H and O–H groups in total. The number of aliphatic carboxylic acids is 1. The van der Waals surface area contributed by atoms with Crippen molar-refractivity contribution in [2.24, 2.45) is 0 Å². The second-order valence-corrected chi connectivity index (χ2v) is 11.7. The highest BCUT2D eigenvalue weighted by molar-refractivity contribution is 5.82. The summed E-state index contributed by atoms with van der Waals surface area (Å²) in [6, 6.07) is 20.1. The zero-order valence-electron chi connectivity index (χ0n) is 26.7. The molecule has 0 fully saturated rings. The molecule has 0 saturated heterocycles. The fourth-order valence-corrected chi connectivity index (χ4v) is 5.43. The van der Waals surface area contributed by atoms with E-state index in [1.54, 1.807) is 6.20 Å². The number of carboxylic acid groups (broad SMARTS) is 1. The lowest BCUT2D eigenvalue weighted by atomic mass is 9.86. The van der Waals surface area contributed by atoms with Crippen LogP contribution in [0.15, 0.2) is 66.9 Å². The van der Waals surface area contributed by atoms with Gasteiger partial charge in [-0.05, 0) is 79.8 Å². The Morgan fingerprint density at radius 1 is 0.844 bits per heavy atom. The summed E-state index contributed by atoms with van der Waals surface area (Å²) in [7, 11) is 0. The standard InChI is InChI=1S/C37H48F3NO4/c1-3-4-5-6-7-8-12-24-45-32-21-23-35(41-27-32)34-26-31(20-22-33(34)30-15-10-9-11-16-30)29(17-13-19-36(42)43)18-14-25-44-28(2)37(38,39)40/h9-11,15-16,20-23,26-29H,3-8,12-14,17-19,24-25H2,1-2H3,(H,42,43). The minimum absolute atomic E-state index is 0.0209. The predicted octanol–water partition coefficient (Wildman–Crippen LogP) is 10.6. The molecular formula is C37H48F3NO4. The van der Waals surface area contributed by atoms with Crippen molar-refractivity contribution in [2.45, 2.75) is 109 Å². The van der Waals surface area contributed by atoms with Crippen molar-refractivity contribution < 1.29 is 32.5 Å². The van der Waals surface area contributed by atoms with Crippen molar-refractivity contribution in [3.8, 4) is 28.1 Å². The lowest BCUT2D eigenvalue weighted by Crippen LogP contribution is -2.28. The lowest BCUT2D eigenvalue weighted by Gasteiger charge is -2.21. The molecular weight excluding hydrogens is 579 g/mol. The summed E-state index contributed by atoms with van der Waals surface area (Å²) in [4.78, 5) is 16.0. The first kappa shape index (κ1) is 36.1. The van der Waals surface area contributed by atoms with Gasteiger partial charge in [-0.15, -0.1) is 0 Å². The number of hydrogen-bond acceptors (Lipinski definition) is 4. The quantitative estimate of drug-likeness (QED) is 0.119. The van der Waals surface area contributed by atoms with Gasteiger partial charge in [0.25, 0.3) is 0 Å². The highest BCUT2D eigenvalue weighted by Crippen LogP contribution is 2.37. The van der Waals surface area contributed by atoms with Crippen LogP contribution in [-0.4, -0.2) is 41.6 Å². The van der Waals surface area contributed by atoms with Gasteiger partial charge < -0.3 is 14.6 Å². The van der Waals surface area contributed by atoms with Gasteiger partial charge in [0.05, 0.1) is 18.5 Å². The fraction of sp³-hybridized carbons (Fsp3) is 0.514. The number of nitrogens with zero attached hydrogens (tertiary/aromatic N) is 1. The second-order valence-electron chi connectivity index (χ2n) is 11.7. The van der Waals surface area contributed by atoms with Gasteiger partial charge in [-0.2, -0.15) is 13.2 Å². The van der Waals surface area contributed by atoms with Crippen LogP contribution in [0.5, 0.6) is 5.75 Å². The molecule has 0 saturated carbocycles. The summed E-state index contributed by atoms with van der Waals surface area (Å²) in [5.41, 5.74) is 4.76. The topological polar surface area (TPSA) is 68.7 Å². The van der Waals surface area contributed by atoms with Crippen LogP contribution >= 0.6 is 0 Å². The zero-order valence-corrected chi connectivity index (χ0v) is 26.7. The normalized spacial score (nSPS) is 13.0. The van der Waals surface area contributed by atoms with Gasteiger partial charge >= 0.3 is 12.1 Å². The molecule has 0 amide bonds. The first-order valence-corrected chi connectivity index (χ1v) is 16.4. The Bertz CT molecular complexity index is 1260. The molecule has 246 valence electrons. The van der Waals surface area contributed by atoms with E-state index in [9.17, 15) is 23.1 Å². The highest BCUT2D eigenvalue weighted by Gasteiger charge is 2.36. The van der Waals surface area contributed by atoms with Crippen molar-refractivity contribution in [1.29, 1.82) is 0 Å². The van der Waals surface area contributed by atoms with Crippen LogP contribution in [-0.2, 0) is 9.53 Å². The van der Waals surface area contributed by atoms with Crippen LogP contribution in [0.25, 0.3) is 22.4 Å². The third-order valence-corrected chi connectivity index (χ3v) is 8.10. The van der Waals surface area contributed by atoms with Crippen molar-refractivity contribution >= 4 is 5.97 Å². The van der Waals surface area contributed by atoms with Gasteiger partial charge in [-0.25, -0.2) is 0 Å². The summed E-state index contributed by atoms with van der Waals surface area (Å²) in [6.07, 6.45) is 6.17. The van der Waals surface area contributed by atoms with Crippen molar-refractivity contribution in [2.75, 3.05) is 13.2 Å². The average Bonchev–Trinajstić information content (AvgIpc) is 3.03. The van der Waals surface area contributed by atoms with Gasteiger partial charge in [0.1, 0.15) is 5.75 Å². The minimum atomic E-state index is -4.40. The maximum Gasteiger partial charge on any atom is 0.414 e. The third-order valence-electron chi connectivity index (χ3n) is 8.10. The zero-order chi connectivity index (χ0) is 32.5. The van der Waals surface area contributed by atoms with Crippen LogP contribution < -0.4 is 4.74 Å². The van der Waals surface area contributed by atoms with E-state index in [2.05, 4.69) is 19.1 Å². The van der Waals surface area contributed by atoms with E-state index in [0.717, 1.165) is 53.5 Å². The minimum Gasteiger partial charge on any atom is -0.492 e. The second kappa shape index (κ2) is 19.2.